The third kappa shape index (κ3) is 3.95. The molecule has 0 radical (unpaired) electrons. The zero-order valence-electron chi connectivity index (χ0n) is 14.1. The van der Waals surface area contributed by atoms with Gasteiger partial charge in [0.1, 0.15) is 23.4 Å². The van der Waals surface area contributed by atoms with Crippen molar-refractivity contribution in [3.8, 4) is 11.5 Å². The van der Waals surface area contributed by atoms with Crippen molar-refractivity contribution in [2.45, 2.75) is 32.9 Å². The molecule has 0 aliphatic carbocycles. The number of hydrogen-bond acceptors (Lipinski definition) is 3. The van der Waals surface area contributed by atoms with Gasteiger partial charge in [0.05, 0.1) is 12.2 Å². The molecule has 3 rings (SSSR count). The van der Waals surface area contributed by atoms with Crippen molar-refractivity contribution >= 4 is 21.8 Å². The second kappa shape index (κ2) is 7.44. The molecule has 0 bridgehead atoms. The molecule has 4 nitrogen and oxygen atoms in total. The molecule has 0 spiro atoms. The molecule has 25 heavy (non-hydrogen) atoms. The Kier molecular flexibility index (Phi) is 5.27. The molecule has 1 amide bonds. The first-order valence-electron chi connectivity index (χ1n) is 8.16. The number of nitrogens with one attached hydrogen (secondary N) is 1. The predicted molar refractivity (Wildman–Crippen MR) is 96.7 cm³/mol. The van der Waals surface area contributed by atoms with Crippen LogP contribution >= 0.6 is 15.9 Å². The monoisotopic (exact) mass is 407 g/mol. The third-order valence-corrected chi connectivity index (χ3v) is 4.48. The average molecular weight is 408 g/mol. The Bertz CT molecular complexity index is 809. The number of rotatable bonds is 5. The predicted octanol–water partition coefficient (Wildman–Crippen LogP) is 4.24. The second-order valence-electron chi connectivity index (χ2n) is 5.94. The number of hydrogen-bond donors (Lipinski definition) is 1. The summed E-state index contributed by atoms with van der Waals surface area (Å²) >= 11 is 3.25. The smallest absolute Gasteiger partial charge is 0.254 e. The molecule has 1 aliphatic rings. The van der Waals surface area contributed by atoms with Crippen molar-refractivity contribution in [3.05, 3.63) is 57.3 Å². The van der Waals surface area contributed by atoms with Gasteiger partial charge in [0, 0.05) is 28.6 Å². The molecule has 1 N–H and O–H groups in total. The van der Waals surface area contributed by atoms with Crippen LogP contribution in [0.5, 0.6) is 11.5 Å². The van der Waals surface area contributed by atoms with E-state index >= 15 is 0 Å². The molecule has 6 heteroatoms. The number of ether oxygens (including phenoxy) is 2. The van der Waals surface area contributed by atoms with Crippen molar-refractivity contribution in [1.29, 1.82) is 0 Å². The number of carbonyl (C=O) groups is 1. The molecule has 0 saturated carbocycles. The summed E-state index contributed by atoms with van der Waals surface area (Å²) in [7, 11) is 0. The molecule has 0 saturated heterocycles. The van der Waals surface area contributed by atoms with Gasteiger partial charge in [-0.1, -0.05) is 15.9 Å². The number of amides is 1. The van der Waals surface area contributed by atoms with Gasteiger partial charge in [-0.05, 0) is 44.2 Å². The maximum Gasteiger partial charge on any atom is 0.254 e. The van der Waals surface area contributed by atoms with Crippen LogP contribution < -0.4 is 14.8 Å². The maximum absolute atomic E-state index is 13.8. The Labute approximate surface area is 154 Å². The molecule has 0 fully saturated rings. The van der Waals surface area contributed by atoms with Crippen molar-refractivity contribution in [2.24, 2.45) is 0 Å². The van der Waals surface area contributed by atoms with Crippen LogP contribution in [0.2, 0.25) is 0 Å². The largest absolute Gasteiger partial charge is 0.494 e. The Morgan fingerprint density at radius 3 is 2.96 bits per heavy atom. The van der Waals surface area contributed by atoms with E-state index in [9.17, 15) is 9.18 Å². The number of halogens is 2. The van der Waals surface area contributed by atoms with Gasteiger partial charge >= 0.3 is 0 Å². The molecule has 2 aromatic rings. The summed E-state index contributed by atoms with van der Waals surface area (Å²) in [4.78, 5) is 12.3. The summed E-state index contributed by atoms with van der Waals surface area (Å²) in [6.45, 7) is 4.67. The Morgan fingerprint density at radius 2 is 2.20 bits per heavy atom. The van der Waals surface area contributed by atoms with Crippen LogP contribution in [0.3, 0.4) is 0 Å². The number of fused-ring (bicyclic) bond motifs is 1. The quantitative estimate of drug-likeness (QED) is 0.805. The Morgan fingerprint density at radius 1 is 1.40 bits per heavy atom. The zero-order valence-corrected chi connectivity index (χ0v) is 15.7. The van der Waals surface area contributed by atoms with Crippen molar-refractivity contribution in [2.75, 3.05) is 6.61 Å². The fraction of sp³-hybridized carbons (Fsp3) is 0.316. The number of benzene rings is 2. The van der Waals surface area contributed by atoms with Crippen molar-refractivity contribution in [3.63, 3.8) is 0 Å². The molecule has 0 aromatic heterocycles. The standard InChI is InChI=1S/C19H19BrFNO3/c1-3-24-17-7-12-6-11(2)25-18(12)8-13(17)10-22-19(23)15-9-14(20)4-5-16(15)21/h4-5,7-9,11H,3,6,10H2,1-2H3,(H,22,23)/t11-/m0/s1. The summed E-state index contributed by atoms with van der Waals surface area (Å²) in [5, 5.41) is 2.75. The van der Waals surface area contributed by atoms with E-state index in [-0.39, 0.29) is 18.2 Å². The van der Waals surface area contributed by atoms with E-state index in [1.807, 2.05) is 26.0 Å². The molecule has 132 valence electrons. The molecule has 1 heterocycles. The highest BCUT2D eigenvalue weighted by atomic mass is 79.9. The van der Waals surface area contributed by atoms with E-state index in [1.54, 1.807) is 6.07 Å². The highest BCUT2D eigenvalue weighted by Gasteiger charge is 2.22. The van der Waals surface area contributed by atoms with Crippen LogP contribution in [0, 0.1) is 5.82 Å². The number of carbonyl (C=O) groups excluding carboxylic acids is 1. The highest BCUT2D eigenvalue weighted by Crippen LogP contribution is 2.35. The van der Waals surface area contributed by atoms with E-state index in [2.05, 4.69) is 21.2 Å². The van der Waals surface area contributed by atoms with Gasteiger partial charge in [0.15, 0.2) is 0 Å². The molecular formula is C19H19BrFNO3. The van der Waals surface area contributed by atoms with Crippen LogP contribution in [-0.4, -0.2) is 18.6 Å². The van der Waals surface area contributed by atoms with Crippen LogP contribution in [0.25, 0.3) is 0 Å². The van der Waals surface area contributed by atoms with Gasteiger partial charge in [-0.25, -0.2) is 4.39 Å². The first-order valence-corrected chi connectivity index (χ1v) is 8.95. The second-order valence-corrected chi connectivity index (χ2v) is 6.86. The maximum atomic E-state index is 13.8. The first kappa shape index (κ1) is 17.7. The van der Waals surface area contributed by atoms with Crippen LogP contribution in [0.1, 0.15) is 35.3 Å². The van der Waals surface area contributed by atoms with Crippen molar-refractivity contribution in [1.82, 2.24) is 5.32 Å². The van der Waals surface area contributed by atoms with E-state index in [4.69, 9.17) is 9.47 Å². The summed E-state index contributed by atoms with van der Waals surface area (Å²) in [5.41, 5.74) is 1.90. The fourth-order valence-corrected chi connectivity index (χ4v) is 3.21. The van der Waals surface area contributed by atoms with Gasteiger partial charge < -0.3 is 14.8 Å². The zero-order chi connectivity index (χ0) is 18.0. The van der Waals surface area contributed by atoms with Crippen LogP contribution in [-0.2, 0) is 13.0 Å². The lowest BCUT2D eigenvalue weighted by molar-refractivity contribution is 0.0946. The Balaban J connectivity index is 1.79. The third-order valence-electron chi connectivity index (χ3n) is 3.99. The molecule has 1 aliphatic heterocycles. The summed E-state index contributed by atoms with van der Waals surface area (Å²) < 4.78 is 26.0. The van der Waals surface area contributed by atoms with Gasteiger partial charge in [0.2, 0.25) is 0 Å². The lowest BCUT2D eigenvalue weighted by Crippen LogP contribution is -2.24. The van der Waals surface area contributed by atoms with E-state index < -0.39 is 11.7 Å². The molecule has 0 unspecified atom stereocenters. The van der Waals surface area contributed by atoms with E-state index in [1.165, 1.54) is 12.1 Å². The highest BCUT2D eigenvalue weighted by molar-refractivity contribution is 9.10. The SMILES string of the molecule is CCOc1cc2c(cc1CNC(=O)c1cc(Br)ccc1F)O[C@@H](C)C2. The van der Waals surface area contributed by atoms with Crippen molar-refractivity contribution < 1.29 is 18.7 Å². The van der Waals surface area contributed by atoms with Gasteiger partial charge in [-0.2, -0.15) is 0 Å². The topological polar surface area (TPSA) is 47.6 Å². The van der Waals surface area contributed by atoms with E-state index in [0.717, 1.165) is 23.3 Å². The van der Waals surface area contributed by atoms with Gasteiger partial charge in [-0.15, -0.1) is 0 Å². The van der Waals surface area contributed by atoms with Crippen LogP contribution in [0.4, 0.5) is 4.39 Å². The lowest BCUT2D eigenvalue weighted by Gasteiger charge is -2.13. The van der Waals surface area contributed by atoms with Gasteiger partial charge in [-0.3, -0.25) is 4.79 Å². The molecule has 2 aromatic carbocycles. The summed E-state index contributed by atoms with van der Waals surface area (Å²) in [5.74, 6) is 0.496. The molecular weight excluding hydrogens is 389 g/mol. The summed E-state index contributed by atoms with van der Waals surface area (Å²) in [6.07, 6.45) is 0.968. The van der Waals surface area contributed by atoms with Crippen LogP contribution in [0.15, 0.2) is 34.8 Å². The lowest BCUT2D eigenvalue weighted by atomic mass is 10.1. The normalized spacial score (nSPS) is 15.4. The average Bonchev–Trinajstić information content (AvgIpc) is 2.93. The fourth-order valence-electron chi connectivity index (χ4n) is 2.85. The minimum atomic E-state index is -0.558. The Hall–Kier alpha value is -2.08. The van der Waals surface area contributed by atoms with E-state index in [0.29, 0.717) is 16.8 Å². The molecule has 1 atom stereocenters. The minimum absolute atomic E-state index is 0.00151. The van der Waals surface area contributed by atoms with Gasteiger partial charge in [0.25, 0.3) is 5.91 Å². The summed E-state index contributed by atoms with van der Waals surface area (Å²) in [6, 6.07) is 8.13. The first-order chi connectivity index (χ1) is 12.0. The minimum Gasteiger partial charge on any atom is -0.494 e.